The van der Waals surface area contributed by atoms with Gasteiger partial charge in [-0.25, -0.2) is 0 Å². The molecule has 3 aromatic rings. The molecular formula is C15H14N4. The number of aromatic nitrogens is 2. The fourth-order valence-corrected chi connectivity index (χ4v) is 2.14. The van der Waals surface area contributed by atoms with Crippen molar-refractivity contribution in [2.24, 2.45) is 0 Å². The number of fused-ring (bicyclic) bond motifs is 1. The average molecular weight is 250 g/mol. The van der Waals surface area contributed by atoms with Crippen LogP contribution >= 0.6 is 0 Å². The molecular weight excluding hydrogens is 236 g/mol. The van der Waals surface area contributed by atoms with E-state index in [0.29, 0.717) is 17.8 Å². The molecule has 0 amide bonds. The van der Waals surface area contributed by atoms with E-state index in [0.717, 1.165) is 22.2 Å². The number of benzene rings is 1. The average Bonchev–Trinajstić information content (AvgIpc) is 2.46. The third-order valence-corrected chi connectivity index (χ3v) is 3.15. The van der Waals surface area contributed by atoms with Gasteiger partial charge in [0, 0.05) is 24.2 Å². The monoisotopic (exact) mass is 250 g/mol. The van der Waals surface area contributed by atoms with Crippen LogP contribution in [0.4, 0.5) is 11.4 Å². The van der Waals surface area contributed by atoms with Crippen molar-refractivity contribution in [1.82, 2.24) is 9.97 Å². The summed E-state index contributed by atoms with van der Waals surface area (Å²) >= 11 is 0. The first-order valence-corrected chi connectivity index (χ1v) is 6.07. The Balaban J connectivity index is 2.11. The maximum absolute atomic E-state index is 6.09. The quantitative estimate of drug-likeness (QED) is 0.732. The molecule has 0 unspecified atom stereocenters. The van der Waals surface area contributed by atoms with Crippen LogP contribution in [0.3, 0.4) is 0 Å². The second-order valence-electron chi connectivity index (χ2n) is 4.44. The van der Waals surface area contributed by atoms with E-state index in [2.05, 4.69) is 9.97 Å². The Hall–Kier alpha value is -2.62. The molecule has 4 nitrogen and oxygen atoms in total. The molecule has 0 saturated heterocycles. The Kier molecular flexibility index (Phi) is 2.76. The summed E-state index contributed by atoms with van der Waals surface area (Å²) in [6.45, 7) is 0. The van der Waals surface area contributed by atoms with Gasteiger partial charge >= 0.3 is 0 Å². The summed E-state index contributed by atoms with van der Waals surface area (Å²) in [5, 5.41) is 0.898. The van der Waals surface area contributed by atoms with Crippen LogP contribution in [0.5, 0.6) is 0 Å². The number of nitrogens with zero attached hydrogens (tertiary/aromatic N) is 2. The van der Waals surface area contributed by atoms with Crippen molar-refractivity contribution >= 4 is 22.3 Å². The van der Waals surface area contributed by atoms with Gasteiger partial charge in [-0.3, -0.25) is 9.97 Å². The van der Waals surface area contributed by atoms with Crippen LogP contribution < -0.4 is 11.5 Å². The van der Waals surface area contributed by atoms with Crippen LogP contribution in [0.15, 0.2) is 48.8 Å². The first-order valence-electron chi connectivity index (χ1n) is 6.07. The predicted molar refractivity (Wildman–Crippen MR) is 77.6 cm³/mol. The van der Waals surface area contributed by atoms with Gasteiger partial charge in [-0.15, -0.1) is 0 Å². The van der Waals surface area contributed by atoms with Crippen molar-refractivity contribution in [3.63, 3.8) is 0 Å². The number of anilines is 2. The zero-order valence-corrected chi connectivity index (χ0v) is 10.4. The fourth-order valence-electron chi connectivity index (χ4n) is 2.14. The van der Waals surface area contributed by atoms with E-state index >= 15 is 0 Å². The molecule has 0 bridgehead atoms. The highest BCUT2D eigenvalue weighted by Gasteiger charge is 2.10. The molecule has 0 spiro atoms. The van der Waals surface area contributed by atoms with Crippen LogP contribution in [0.1, 0.15) is 11.3 Å². The van der Waals surface area contributed by atoms with Gasteiger partial charge in [0.05, 0.1) is 22.6 Å². The van der Waals surface area contributed by atoms with Gasteiger partial charge in [0.25, 0.3) is 0 Å². The van der Waals surface area contributed by atoms with Gasteiger partial charge in [-0.2, -0.15) is 0 Å². The van der Waals surface area contributed by atoms with E-state index in [-0.39, 0.29) is 0 Å². The molecule has 2 heterocycles. The van der Waals surface area contributed by atoms with Crippen molar-refractivity contribution in [2.75, 3.05) is 11.5 Å². The maximum atomic E-state index is 6.09. The minimum absolute atomic E-state index is 0.558. The molecule has 0 radical (unpaired) electrons. The largest absolute Gasteiger partial charge is 0.396 e. The highest BCUT2D eigenvalue weighted by atomic mass is 14.8. The number of para-hydroxylation sites is 1. The first-order chi connectivity index (χ1) is 9.25. The van der Waals surface area contributed by atoms with Gasteiger partial charge in [0.15, 0.2) is 0 Å². The normalized spacial score (nSPS) is 10.7. The second kappa shape index (κ2) is 4.57. The van der Waals surface area contributed by atoms with Gasteiger partial charge in [0.1, 0.15) is 0 Å². The van der Waals surface area contributed by atoms with Crippen LogP contribution in [-0.4, -0.2) is 9.97 Å². The van der Waals surface area contributed by atoms with Crippen molar-refractivity contribution < 1.29 is 0 Å². The van der Waals surface area contributed by atoms with Crippen LogP contribution in [0.25, 0.3) is 10.9 Å². The number of nitrogens with two attached hydrogens (primary N) is 2. The fraction of sp³-hybridized carbons (Fsp3) is 0.0667. The molecule has 0 saturated carbocycles. The Morgan fingerprint density at radius 1 is 0.947 bits per heavy atom. The second-order valence-corrected chi connectivity index (χ2v) is 4.44. The third kappa shape index (κ3) is 2.08. The van der Waals surface area contributed by atoms with Gasteiger partial charge in [-0.1, -0.05) is 24.3 Å². The van der Waals surface area contributed by atoms with E-state index in [1.54, 1.807) is 6.20 Å². The molecule has 19 heavy (non-hydrogen) atoms. The van der Waals surface area contributed by atoms with Gasteiger partial charge in [-0.05, 0) is 17.7 Å². The number of pyridine rings is 2. The summed E-state index contributed by atoms with van der Waals surface area (Å²) in [4.78, 5) is 8.69. The number of rotatable bonds is 2. The van der Waals surface area contributed by atoms with E-state index in [1.807, 2.05) is 42.6 Å². The molecule has 0 atom stereocenters. The Bertz CT molecular complexity index is 723. The summed E-state index contributed by atoms with van der Waals surface area (Å²) in [6.07, 6.45) is 4.19. The highest BCUT2D eigenvalue weighted by Crippen LogP contribution is 2.28. The molecule has 0 aliphatic rings. The maximum Gasteiger partial charge on any atom is 0.0777 e. The zero-order chi connectivity index (χ0) is 13.2. The Morgan fingerprint density at radius 2 is 1.79 bits per heavy atom. The summed E-state index contributed by atoms with van der Waals surface area (Å²) in [5.41, 5.74) is 16.1. The standard InChI is InChI=1S/C15H14N4/c16-14-11-5-1-2-6-12(11)19-13(15(14)17)8-10-4-3-7-18-9-10/h1-7,9H,8,17H2,(H2,16,19). The smallest absolute Gasteiger partial charge is 0.0777 e. The van der Waals surface area contributed by atoms with E-state index in [9.17, 15) is 0 Å². The molecule has 94 valence electrons. The van der Waals surface area contributed by atoms with Crippen molar-refractivity contribution in [2.45, 2.75) is 6.42 Å². The number of hydrogen-bond acceptors (Lipinski definition) is 4. The molecule has 3 rings (SSSR count). The van der Waals surface area contributed by atoms with Crippen molar-refractivity contribution in [1.29, 1.82) is 0 Å². The van der Waals surface area contributed by atoms with Crippen molar-refractivity contribution in [3.05, 3.63) is 60.0 Å². The van der Waals surface area contributed by atoms with E-state index in [1.165, 1.54) is 0 Å². The highest BCUT2D eigenvalue weighted by molar-refractivity contribution is 5.96. The SMILES string of the molecule is Nc1c(Cc2cccnc2)nc2ccccc2c1N. The van der Waals surface area contributed by atoms with Crippen LogP contribution in [-0.2, 0) is 6.42 Å². The summed E-state index contributed by atoms with van der Waals surface area (Å²) < 4.78 is 0. The van der Waals surface area contributed by atoms with Crippen molar-refractivity contribution in [3.8, 4) is 0 Å². The number of hydrogen-bond donors (Lipinski definition) is 2. The minimum Gasteiger partial charge on any atom is -0.396 e. The molecule has 4 heteroatoms. The Morgan fingerprint density at radius 3 is 2.58 bits per heavy atom. The van der Waals surface area contributed by atoms with Gasteiger partial charge < -0.3 is 11.5 Å². The minimum atomic E-state index is 0.558. The predicted octanol–water partition coefficient (Wildman–Crippen LogP) is 2.38. The zero-order valence-electron chi connectivity index (χ0n) is 10.4. The number of nitrogen functional groups attached to an aromatic ring is 2. The molecule has 0 fully saturated rings. The summed E-state index contributed by atoms with van der Waals surface area (Å²) in [7, 11) is 0. The molecule has 0 aliphatic heterocycles. The Labute approximate surface area is 111 Å². The lowest BCUT2D eigenvalue weighted by atomic mass is 10.1. The van der Waals surface area contributed by atoms with E-state index < -0.39 is 0 Å². The topological polar surface area (TPSA) is 77.8 Å². The first kappa shape index (κ1) is 11.5. The van der Waals surface area contributed by atoms with E-state index in [4.69, 9.17) is 11.5 Å². The lowest BCUT2D eigenvalue weighted by Crippen LogP contribution is -2.04. The van der Waals surface area contributed by atoms with Gasteiger partial charge in [0.2, 0.25) is 0 Å². The molecule has 1 aromatic carbocycles. The molecule has 4 N–H and O–H groups in total. The summed E-state index contributed by atoms with van der Waals surface area (Å²) in [5.74, 6) is 0. The lowest BCUT2D eigenvalue weighted by molar-refractivity contribution is 1.08. The summed E-state index contributed by atoms with van der Waals surface area (Å²) in [6, 6.07) is 11.6. The molecule has 0 aliphatic carbocycles. The van der Waals surface area contributed by atoms with Crippen LogP contribution in [0.2, 0.25) is 0 Å². The molecule has 2 aromatic heterocycles. The third-order valence-electron chi connectivity index (χ3n) is 3.15. The lowest BCUT2D eigenvalue weighted by Gasteiger charge is -2.10. The van der Waals surface area contributed by atoms with Crippen LogP contribution in [0, 0.1) is 0 Å².